The summed E-state index contributed by atoms with van der Waals surface area (Å²) in [5.74, 6) is 0.0874. The fourth-order valence-electron chi connectivity index (χ4n) is 1.97. The number of hydrogen-bond donors (Lipinski definition) is 3. The van der Waals surface area contributed by atoms with Crippen LogP contribution in [0.25, 0.3) is 0 Å². The third kappa shape index (κ3) is 5.60. The highest BCUT2D eigenvalue weighted by Crippen LogP contribution is 2.20. The topological polar surface area (TPSA) is 95.0 Å². The number of aliphatic hydroxyl groups is 1. The average Bonchev–Trinajstić information content (AvgIpc) is 2.67. The van der Waals surface area contributed by atoms with E-state index >= 15 is 0 Å². The van der Waals surface area contributed by atoms with E-state index < -0.39 is 17.7 Å². The van der Waals surface area contributed by atoms with Crippen LogP contribution < -0.4 is 19.3 Å². The lowest BCUT2D eigenvalue weighted by Gasteiger charge is -2.26. The Morgan fingerprint density at radius 2 is 1.85 bits per heavy atom. The fraction of sp³-hybridized carbons (Fsp3) is 0.278. The Hall–Kier alpha value is -2.78. The van der Waals surface area contributed by atoms with Crippen molar-refractivity contribution in [2.24, 2.45) is 0 Å². The molecule has 0 fully saturated rings. The standard InChI is InChI=1S/C18H22N4O4S/c1-18(2,12-23)20-16(24)22(27)14-9-10-15(19-11-14)26-17(25)21(3)13-7-5-4-6-8-13/h4-11,23,27H,12H2,1-3H3,(H,20,24). The maximum absolute atomic E-state index is 12.2. The fourth-order valence-corrected chi connectivity index (χ4v) is 2.14. The summed E-state index contributed by atoms with van der Waals surface area (Å²) in [4.78, 5) is 29.7. The highest BCUT2D eigenvalue weighted by molar-refractivity contribution is 7.82. The number of nitrogens with one attached hydrogen (secondary N) is 1. The van der Waals surface area contributed by atoms with Gasteiger partial charge in [-0.3, -0.25) is 4.90 Å². The SMILES string of the molecule is CN(C(=O)Oc1ccc(N(S)C(=O)NC(C)(C)CO)cn1)c1ccccc1. The minimum atomic E-state index is -0.789. The van der Waals surface area contributed by atoms with Gasteiger partial charge in [-0.05, 0) is 32.0 Å². The van der Waals surface area contributed by atoms with E-state index in [0.29, 0.717) is 11.4 Å². The van der Waals surface area contributed by atoms with Crippen molar-refractivity contribution in [3.63, 3.8) is 0 Å². The van der Waals surface area contributed by atoms with E-state index in [4.69, 9.17) is 4.74 Å². The van der Waals surface area contributed by atoms with Crippen LogP contribution in [0.3, 0.4) is 0 Å². The van der Waals surface area contributed by atoms with Gasteiger partial charge in [-0.15, -0.1) is 0 Å². The molecule has 0 unspecified atom stereocenters. The predicted molar refractivity (Wildman–Crippen MR) is 106 cm³/mol. The summed E-state index contributed by atoms with van der Waals surface area (Å²) in [5, 5.41) is 11.8. The Morgan fingerprint density at radius 3 is 2.41 bits per heavy atom. The maximum Gasteiger partial charge on any atom is 0.420 e. The Kier molecular flexibility index (Phi) is 6.65. The van der Waals surface area contributed by atoms with Crippen molar-refractivity contribution < 1.29 is 19.4 Å². The number of para-hydroxylation sites is 1. The van der Waals surface area contributed by atoms with E-state index in [9.17, 15) is 14.7 Å². The van der Waals surface area contributed by atoms with Gasteiger partial charge in [0.1, 0.15) is 0 Å². The zero-order chi connectivity index (χ0) is 20.0. The van der Waals surface area contributed by atoms with Gasteiger partial charge in [0.2, 0.25) is 5.88 Å². The van der Waals surface area contributed by atoms with Crippen molar-refractivity contribution in [3.8, 4) is 5.88 Å². The number of urea groups is 1. The Morgan fingerprint density at radius 1 is 1.19 bits per heavy atom. The molecule has 9 heteroatoms. The van der Waals surface area contributed by atoms with Crippen LogP contribution in [0.5, 0.6) is 5.88 Å². The van der Waals surface area contributed by atoms with Crippen molar-refractivity contribution in [2.45, 2.75) is 19.4 Å². The van der Waals surface area contributed by atoms with Gasteiger partial charge in [0.05, 0.1) is 24.0 Å². The largest absolute Gasteiger partial charge is 0.420 e. The number of rotatable bonds is 5. The Labute approximate surface area is 163 Å². The number of nitrogens with zero attached hydrogens (tertiary/aromatic N) is 3. The molecule has 0 aliphatic rings. The van der Waals surface area contributed by atoms with Crippen LogP contribution in [0, 0.1) is 0 Å². The molecule has 0 saturated heterocycles. The second kappa shape index (κ2) is 8.74. The quantitative estimate of drug-likeness (QED) is 0.683. The molecule has 0 saturated carbocycles. The first-order valence-electron chi connectivity index (χ1n) is 8.12. The molecule has 3 amide bonds. The molecule has 0 bridgehead atoms. The number of aliphatic hydroxyl groups excluding tert-OH is 1. The van der Waals surface area contributed by atoms with Crippen LogP contribution in [0.15, 0.2) is 48.7 Å². The molecule has 2 rings (SSSR count). The van der Waals surface area contributed by atoms with Gasteiger partial charge in [0, 0.05) is 18.8 Å². The summed E-state index contributed by atoms with van der Waals surface area (Å²) < 4.78 is 6.27. The third-order valence-corrected chi connectivity index (χ3v) is 4.02. The minimum Gasteiger partial charge on any atom is -0.394 e. The van der Waals surface area contributed by atoms with E-state index in [-0.39, 0.29) is 12.5 Å². The molecule has 1 heterocycles. The van der Waals surface area contributed by atoms with Crippen molar-refractivity contribution in [1.29, 1.82) is 0 Å². The zero-order valence-corrected chi connectivity index (χ0v) is 16.2. The number of pyridine rings is 1. The van der Waals surface area contributed by atoms with E-state index in [1.165, 1.54) is 23.2 Å². The second-order valence-electron chi connectivity index (χ2n) is 6.40. The first-order valence-corrected chi connectivity index (χ1v) is 8.52. The predicted octanol–water partition coefficient (Wildman–Crippen LogP) is 2.85. The molecule has 0 radical (unpaired) electrons. The van der Waals surface area contributed by atoms with Gasteiger partial charge in [0.15, 0.2) is 0 Å². The number of benzene rings is 1. The second-order valence-corrected chi connectivity index (χ2v) is 6.80. The van der Waals surface area contributed by atoms with E-state index in [2.05, 4.69) is 23.1 Å². The molecule has 0 spiro atoms. The van der Waals surface area contributed by atoms with E-state index in [1.54, 1.807) is 33.0 Å². The number of carbonyl (C=O) groups excluding carboxylic acids is 2. The third-order valence-electron chi connectivity index (χ3n) is 3.61. The van der Waals surface area contributed by atoms with Crippen LogP contribution in [-0.2, 0) is 0 Å². The van der Waals surface area contributed by atoms with Crippen molar-refractivity contribution in [1.82, 2.24) is 10.3 Å². The number of carbonyl (C=O) groups is 2. The van der Waals surface area contributed by atoms with Crippen LogP contribution in [0.4, 0.5) is 21.0 Å². The molecule has 2 aromatic rings. The number of anilines is 2. The molecular formula is C18H22N4O4S. The molecule has 0 atom stereocenters. The van der Waals surface area contributed by atoms with Crippen LogP contribution in [0.2, 0.25) is 0 Å². The lowest BCUT2D eigenvalue weighted by Crippen LogP contribution is -2.49. The van der Waals surface area contributed by atoms with Gasteiger partial charge < -0.3 is 15.2 Å². The smallest absolute Gasteiger partial charge is 0.394 e. The van der Waals surface area contributed by atoms with E-state index in [0.717, 1.165) is 4.31 Å². The first-order chi connectivity index (χ1) is 12.7. The lowest BCUT2D eigenvalue weighted by molar-refractivity contribution is 0.186. The normalized spacial score (nSPS) is 10.9. The number of aromatic nitrogens is 1. The summed E-state index contributed by atoms with van der Waals surface area (Å²) in [7, 11) is 1.59. The van der Waals surface area contributed by atoms with Crippen molar-refractivity contribution in [3.05, 3.63) is 48.7 Å². The zero-order valence-electron chi connectivity index (χ0n) is 15.3. The first kappa shape index (κ1) is 20.5. The summed E-state index contributed by atoms with van der Waals surface area (Å²) in [6.45, 7) is 3.13. The van der Waals surface area contributed by atoms with Gasteiger partial charge in [-0.1, -0.05) is 31.0 Å². The van der Waals surface area contributed by atoms with Crippen LogP contribution >= 0.6 is 12.8 Å². The van der Waals surface area contributed by atoms with Crippen LogP contribution in [0.1, 0.15) is 13.8 Å². The lowest BCUT2D eigenvalue weighted by atomic mass is 10.1. The monoisotopic (exact) mass is 390 g/mol. The average molecular weight is 390 g/mol. The Bertz CT molecular complexity index is 784. The van der Waals surface area contributed by atoms with Gasteiger partial charge in [-0.2, -0.15) is 0 Å². The Balaban J connectivity index is 2.00. The summed E-state index contributed by atoms with van der Waals surface area (Å²) >= 11 is 4.13. The van der Waals surface area contributed by atoms with Crippen molar-refractivity contribution >= 4 is 36.3 Å². The number of thiol groups is 1. The highest BCUT2D eigenvalue weighted by Gasteiger charge is 2.23. The molecule has 8 nitrogen and oxygen atoms in total. The van der Waals surface area contributed by atoms with Gasteiger partial charge in [0.25, 0.3) is 0 Å². The minimum absolute atomic E-state index is 0.0874. The summed E-state index contributed by atoms with van der Waals surface area (Å²) in [6.07, 6.45) is 0.760. The highest BCUT2D eigenvalue weighted by atomic mass is 32.1. The summed E-state index contributed by atoms with van der Waals surface area (Å²) in [6, 6.07) is 11.5. The molecule has 0 aliphatic carbocycles. The molecule has 27 heavy (non-hydrogen) atoms. The number of hydrogen-bond acceptors (Lipinski definition) is 6. The number of ether oxygens (including phenoxy) is 1. The summed E-state index contributed by atoms with van der Waals surface area (Å²) in [5.41, 5.74) is 0.271. The molecule has 2 N–H and O–H groups in total. The number of amides is 3. The van der Waals surface area contributed by atoms with E-state index in [1.807, 2.05) is 18.2 Å². The molecule has 144 valence electrons. The molecule has 0 aliphatic heterocycles. The maximum atomic E-state index is 12.2. The van der Waals surface area contributed by atoms with Gasteiger partial charge in [-0.25, -0.2) is 18.9 Å². The van der Waals surface area contributed by atoms with Crippen molar-refractivity contribution in [2.75, 3.05) is 22.9 Å². The molecular weight excluding hydrogens is 368 g/mol. The van der Waals surface area contributed by atoms with Gasteiger partial charge >= 0.3 is 12.1 Å². The molecule has 1 aromatic carbocycles. The van der Waals surface area contributed by atoms with Crippen LogP contribution in [-0.4, -0.2) is 41.4 Å². The molecule has 1 aromatic heterocycles.